The molecule has 1 aliphatic heterocycles. The number of piperidine rings is 1. The molecule has 1 fully saturated rings. The highest BCUT2D eigenvalue weighted by Crippen LogP contribution is 2.30. The predicted molar refractivity (Wildman–Crippen MR) is 133 cm³/mol. The van der Waals surface area contributed by atoms with Gasteiger partial charge in [0.15, 0.2) is 0 Å². The standard InChI is InChI=1S/C27H32FN5O/c1-18(2)27-31-19(3)25-17-29-23-15-22(28)21(14-24(23)33(25)27)20-8-9-26(30-16-20)34-13-7-12-32-10-5-4-6-11-32/h8-9,14-18H,4-7,10-13H2,1-3H3. The molecule has 6 nitrogen and oxygen atoms in total. The number of hydrogen-bond donors (Lipinski definition) is 0. The Balaban J connectivity index is 1.37. The number of ether oxygens (including phenoxy) is 1. The Labute approximate surface area is 199 Å². The molecule has 0 saturated carbocycles. The summed E-state index contributed by atoms with van der Waals surface area (Å²) in [5.74, 6) is 1.43. The van der Waals surface area contributed by atoms with Crippen LogP contribution in [0.2, 0.25) is 0 Å². The fourth-order valence-electron chi connectivity index (χ4n) is 4.81. The number of nitrogens with zero attached hydrogens (tertiary/aromatic N) is 5. The summed E-state index contributed by atoms with van der Waals surface area (Å²) in [5.41, 5.74) is 4.52. The van der Waals surface area contributed by atoms with Gasteiger partial charge in [-0.3, -0.25) is 9.38 Å². The van der Waals surface area contributed by atoms with E-state index in [1.165, 1.54) is 38.4 Å². The maximum absolute atomic E-state index is 15.1. The summed E-state index contributed by atoms with van der Waals surface area (Å²) in [5, 5.41) is 0. The average Bonchev–Trinajstić information content (AvgIpc) is 3.19. The van der Waals surface area contributed by atoms with Crippen LogP contribution < -0.4 is 4.74 Å². The first-order valence-electron chi connectivity index (χ1n) is 12.3. The van der Waals surface area contributed by atoms with Crippen molar-refractivity contribution < 1.29 is 9.13 Å². The molecule has 0 bridgehead atoms. The molecule has 0 unspecified atom stereocenters. The topological polar surface area (TPSA) is 55.6 Å². The highest BCUT2D eigenvalue weighted by molar-refractivity contribution is 5.85. The summed E-state index contributed by atoms with van der Waals surface area (Å²) in [6, 6.07) is 7.04. The fourth-order valence-corrected chi connectivity index (χ4v) is 4.81. The number of hydrogen-bond acceptors (Lipinski definition) is 5. The van der Waals surface area contributed by atoms with Gasteiger partial charge in [0, 0.05) is 41.9 Å². The van der Waals surface area contributed by atoms with Gasteiger partial charge in [0.1, 0.15) is 11.6 Å². The number of rotatable bonds is 7. The van der Waals surface area contributed by atoms with Gasteiger partial charge in [-0.25, -0.2) is 14.4 Å². The Morgan fingerprint density at radius 3 is 2.59 bits per heavy atom. The van der Waals surface area contributed by atoms with E-state index in [-0.39, 0.29) is 11.7 Å². The van der Waals surface area contributed by atoms with E-state index in [1.54, 1.807) is 12.4 Å². The number of fused-ring (bicyclic) bond motifs is 3. The van der Waals surface area contributed by atoms with Crippen molar-refractivity contribution in [3.8, 4) is 17.0 Å². The minimum absolute atomic E-state index is 0.230. The normalized spacial score (nSPS) is 15.0. The lowest BCUT2D eigenvalue weighted by Crippen LogP contribution is -2.31. The van der Waals surface area contributed by atoms with E-state index < -0.39 is 0 Å². The molecular formula is C27H32FN5O. The molecule has 0 amide bonds. The molecule has 3 aromatic heterocycles. The van der Waals surface area contributed by atoms with Crippen molar-refractivity contribution in [2.45, 2.75) is 52.4 Å². The number of benzene rings is 1. The van der Waals surface area contributed by atoms with Crippen LogP contribution in [0.5, 0.6) is 5.88 Å². The molecule has 1 saturated heterocycles. The van der Waals surface area contributed by atoms with Gasteiger partial charge >= 0.3 is 0 Å². The minimum Gasteiger partial charge on any atom is -0.478 e. The van der Waals surface area contributed by atoms with Crippen molar-refractivity contribution in [3.05, 3.63) is 54.0 Å². The zero-order valence-electron chi connectivity index (χ0n) is 20.2. The summed E-state index contributed by atoms with van der Waals surface area (Å²) in [7, 11) is 0. The van der Waals surface area contributed by atoms with Gasteiger partial charge in [-0.2, -0.15) is 0 Å². The Bertz CT molecular complexity index is 1290. The number of halogens is 1. The lowest BCUT2D eigenvalue weighted by Gasteiger charge is -2.26. The zero-order chi connectivity index (χ0) is 23.7. The Morgan fingerprint density at radius 2 is 1.85 bits per heavy atom. The maximum atomic E-state index is 15.1. The highest BCUT2D eigenvalue weighted by atomic mass is 19.1. The zero-order valence-corrected chi connectivity index (χ0v) is 20.2. The number of likely N-dealkylation sites (tertiary alicyclic amines) is 1. The molecule has 1 aromatic carbocycles. The molecule has 4 aromatic rings. The maximum Gasteiger partial charge on any atom is 0.213 e. The first-order valence-corrected chi connectivity index (χ1v) is 12.3. The monoisotopic (exact) mass is 461 g/mol. The van der Waals surface area contributed by atoms with E-state index in [1.807, 2.05) is 25.1 Å². The molecule has 34 heavy (non-hydrogen) atoms. The van der Waals surface area contributed by atoms with Crippen molar-refractivity contribution in [2.75, 3.05) is 26.2 Å². The summed E-state index contributed by atoms with van der Waals surface area (Å²) in [4.78, 5) is 16.2. The van der Waals surface area contributed by atoms with Crippen LogP contribution in [0.15, 0.2) is 36.7 Å². The summed E-state index contributed by atoms with van der Waals surface area (Å²) < 4.78 is 23.0. The second kappa shape index (κ2) is 9.66. The minimum atomic E-state index is -0.320. The Hall–Kier alpha value is -3.06. The molecule has 0 N–H and O–H groups in total. The molecule has 178 valence electrons. The fraction of sp³-hybridized carbons (Fsp3) is 0.444. The van der Waals surface area contributed by atoms with Gasteiger partial charge in [-0.05, 0) is 51.4 Å². The van der Waals surface area contributed by atoms with Crippen LogP contribution in [0.4, 0.5) is 4.39 Å². The third kappa shape index (κ3) is 4.49. The van der Waals surface area contributed by atoms with E-state index >= 15 is 4.39 Å². The van der Waals surface area contributed by atoms with E-state index in [4.69, 9.17) is 9.72 Å². The van der Waals surface area contributed by atoms with Gasteiger partial charge in [-0.1, -0.05) is 20.3 Å². The number of pyridine rings is 1. The molecular weight excluding hydrogens is 429 g/mol. The van der Waals surface area contributed by atoms with E-state index in [2.05, 4.69) is 33.1 Å². The van der Waals surface area contributed by atoms with Gasteiger partial charge in [0.05, 0.1) is 35.0 Å². The lowest BCUT2D eigenvalue weighted by molar-refractivity contribution is 0.203. The molecule has 1 aliphatic rings. The van der Waals surface area contributed by atoms with Gasteiger partial charge in [0.2, 0.25) is 5.88 Å². The Kier molecular flexibility index (Phi) is 6.46. The first kappa shape index (κ1) is 22.7. The molecule has 5 rings (SSSR count). The third-order valence-corrected chi connectivity index (χ3v) is 6.64. The third-order valence-electron chi connectivity index (χ3n) is 6.64. The summed E-state index contributed by atoms with van der Waals surface area (Å²) >= 11 is 0. The van der Waals surface area contributed by atoms with Crippen molar-refractivity contribution in [2.24, 2.45) is 0 Å². The van der Waals surface area contributed by atoms with Crippen LogP contribution in [-0.2, 0) is 0 Å². The molecule has 0 atom stereocenters. The average molecular weight is 462 g/mol. The number of aryl methyl sites for hydroxylation is 1. The van der Waals surface area contributed by atoms with E-state index in [0.717, 1.165) is 35.5 Å². The second-order valence-electron chi connectivity index (χ2n) is 9.50. The molecule has 7 heteroatoms. The number of aromatic nitrogens is 4. The Morgan fingerprint density at radius 1 is 1.03 bits per heavy atom. The van der Waals surface area contributed by atoms with Gasteiger partial charge in [0.25, 0.3) is 0 Å². The molecule has 4 heterocycles. The lowest BCUT2D eigenvalue weighted by atomic mass is 10.1. The SMILES string of the molecule is Cc1nc(C(C)C)n2c1cnc1cc(F)c(-c3ccc(OCCCN4CCCCC4)nc3)cc12. The van der Waals surface area contributed by atoms with Gasteiger partial charge < -0.3 is 9.64 Å². The van der Waals surface area contributed by atoms with Crippen molar-refractivity contribution >= 4 is 16.6 Å². The molecule has 0 spiro atoms. The smallest absolute Gasteiger partial charge is 0.213 e. The van der Waals surface area contributed by atoms with Crippen molar-refractivity contribution in [1.82, 2.24) is 24.3 Å². The largest absolute Gasteiger partial charge is 0.478 e. The molecule has 0 radical (unpaired) electrons. The molecule has 0 aliphatic carbocycles. The van der Waals surface area contributed by atoms with Gasteiger partial charge in [-0.15, -0.1) is 0 Å². The van der Waals surface area contributed by atoms with Crippen LogP contribution in [0.3, 0.4) is 0 Å². The van der Waals surface area contributed by atoms with Crippen molar-refractivity contribution in [3.63, 3.8) is 0 Å². The van der Waals surface area contributed by atoms with Crippen LogP contribution in [0.1, 0.15) is 57.0 Å². The van der Waals surface area contributed by atoms with Crippen LogP contribution >= 0.6 is 0 Å². The predicted octanol–water partition coefficient (Wildman–Crippen LogP) is 5.77. The van der Waals surface area contributed by atoms with E-state index in [9.17, 15) is 0 Å². The van der Waals surface area contributed by atoms with Crippen molar-refractivity contribution in [1.29, 1.82) is 0 Å². The highest BCUT2D eigenvalue weighted by Gasteiger charge is 2.17. The summed E-state index contributed by atoms with van der Waals surface area (Å²) in [6.45, 7) is 10.3. The van der Waals surface area contributed by atoms with Crippen LogP contribution in [0, 0.1) is 12.7 Å². The van der Waals surface area contributed by atoms with Crippen LogP contribution in [-0.4, -0.2) is 50.5 Å². The summed E-state index contributed by atoms with van der Waals surface area (Å²) in [6.07, 6.45) is 8.39. The quantitative estimate of drug-likeness (QED) is 0.327. The van der Waals surface area contributed by atoms with Crippen LogP contribution in [0.25, 0.3) is 27.7 Å². The second-order valence-corrected chi connectivity index (χ2v) is 9.50. The number of imidazole rings is 1. The first-order chi connectivity index (χ1) is 16.5. The van der Waals surface area contributed by atoms with E-state index in [0.29, 0.717) is 29.1 Å².